The molecule has 2 aromatic heterocycles. The van der Waals surface area contributed by atoms with E-state index in [2.05, 4.69) is 66.7 Å². The molecule has 0 aliphatic rings. The summed E-state index contributed by atoms with van der Waals surface area (Å²) in [7, 11) is -1.92. The molecule has 0 saturated heterocycles. The zero-order chi connectivity index (χ0) is 21.2. The Morgan fingerprint density at radius 2 is 1.90 bits per heavy atom. The average molecular weight is 431 g/mol. The Hall–Kier alpha value is -1.89. The number of halogens is 1. The van der Waals surface area contributed by atoms with Crippen LogP contribution in [0.2, 0.25) is 18.1 Å². The van der Waals surface area contributed by atoms with Crippen LogP contribution in [-0.4, -0.2) is 34.8 Å². The van der Waals surface area contributed by atoms with Gasteiger partial charge >= 0.3 is 0 Å². The Labute approximate surface area is 179 Å². The van der Waals surface area contributed by atoms with Crippen molar-refractivity contribution in [2.75, 3.05) is 11.6 Å². The van der Waals surface area contributed by atoms with Gasteiger partial charge in [0.25, 0.3) is 0 Å². The van der Waals surface area contributed by atoms with Crippen LogP contribution in [0.3, 0.4) is 0 Å². The fourth-order valence-corrected chi connectivity index (χ4v) is 4.81. The standard InChI is InChI=1S/C22H31ClN4OSi/c1-22(2,3)29(4,5)28-17(11-12-23)14-27-15-19(16-9-7-6-8-10-16)18-13-25-21(24)26-20(18)27/h6-10,13,15,17H,11-12,14H2,1-5H3,(H2,24,25,26). The van der Waals surface area contributed by atoms with Crippen molar-refractivity contribution < 1.29 is 4.43 Å². The van der Waals surface area contributed by atoms with Gasteiger partial charge in [-0.2, -0.15) is 4.98 Å². The Morgan fingerprint density at radius 3 is 2.52 bits per heavy atom. The van der Waals surface area contributed by atoms with Gasteiger partial charge in [-0.1, -0.05) is 51.1 Å². The number of fused-ring (bicyclic) bond motifs is 1. The molecule has 29 heavy (non-hydrogen) atoms. The SMILES string of the molecule is CC(C)(C)[Si](C)(C)OC(CCCl)Cn1cc(-c2ccccc2)c2cnc(N)nc21. The van der Waals surface area contributed by atoms with Crippen LogP contribution >= 0.6 is 11.6 Å². The summed E-state index contributed by atoms with van der Waals surface area (Å²) in [4.78, 5) is 8.75. The van der Waals surface area contributed by atoms with E-state index in [0.29, 0.717) is 12.4 Å². The smallest absolute Gasteiger partial charge is 0.221 e. The molecule has 1 aromatic carbocycles. The number of hydrogen-bond donors (Lipinski definition) is 1. The van der Waals surface area contributed by atoms with E-state index in [4.69, 9.17) is 21.8 Å². The first-order chi connectivity index (χ1) is 13.6. The average Bonchev–Trinajstić information content (AvgIpc) is 2.99. The van der Waals surface area contributed by atoms with Crippen LogP contribution in [0.15, 0.2) is 42.7 Å². The summed E-state index contributed by atoms with van der Waals surface area (Å²) in [5.41, 5.74) is 8.96. The van der Waals surface area contributed by atoms with Gasteiger partial charge in [0, 0.05) is 35.8 Å². The molecule has 2 heterocycles. The monoisotopic (exact) mass is 430 g/mol. The normalized spacial score (nSPS) is 13.7. The Balaban J connectivity index is 2.00. The lowest BCUT2D eigenvalue weighted by Gasteiger charge is -2.39. The summed E-state index contributed by atoms with van der Waals surface area (Å²) in [5.74, 6) is 0.830. The highest BCUT2D eigenvalue weighted by molar-refractivity contribution is 6.74. The van der Waals surface area contributed by atoms with Crippen LogP contribution in [-0.2, 0) is 11.0 Å². The van der Waals surface area contributed by atoms with E-state index in [0.717, 1.165) is 28.6 Å². The van der Waals surface area contributed by atoms with Crippen LogP contribution in [0.5, 0.6) is 0 Å². The summed E-state index contributed by atoms with van der Waals surface area (Å²) in [6, 6.07) is 10.3. The first-order valence-electron chi connectivity index (χ1n) is 10.0. The van der Waals surface area contributed by atoms with Crippen molar-refractivity contribution in [3.05, 3.63) is 42.7 Å². The fourth-order valence-electron chi connectivity index (χ4n) is 3.19. The molecule has 0 aliphatic carbocycles. The fraction of sp³-hybridized carbons (Fsp3) is 0.455. The van der Waals surface area contributed by atoms with Crippen LogP contribution in [0.25, 0.3) is 22.2 Å². The predicted octanol–water partition coefficient (Wildman–Crippen LogP) is 5.70. The quantitative estimate of drug-likeness (QED) is 0.385. The van der Waals surface area contributed by atoms with Crippen LogP contribution in [0.1, 0.15) is 27.2 Å². The number of nitrogens with zero attached hydrogens (tertiary/aromatic N) is 3. The Kier molecular flexibility index (Phi) is 6.36. The second-order valence-corrected chi connectivity index (χ2v) is 14.1. The third-order valence-corrected chi connectivity index (χ3v) is 10.6. The number of anilines is 1. The van der Waals surface area contributed by atoms with E-state index < -0.39 is 8.32 Å². The molecule has 156 valence electrons. The predicted molar refractivity (Wildman–Crippen MR) is 125 cm³/mol. The van der Waals surface area contributed by atoms with Crippen molar-refractivity contribution in [3.63, 3.8) is 0 Å². The van der Waals surface area contributed by atoms with Gasteiger partial charge in [-0.3, -0.25) is 0 Å². The third-order valence-electron chi connectivity index (χ3n) is 5.82. The van der Waals surface area contributed by atoms with E-state index in [-0.39, 0.29) is 17.1 Å². The van der Waals surface area contributed by atoms with E-state index in [1.807, 2.05) is 24.4 Å². The zero-order valence-electron chi connectivity index (χ0n) is 17.9. The molecule has 0 spiro atoms. The highest BCUT2D eigenvalue weighted by atomic mass is 35.5. The minimum atomic E-state index is -1.92. The molecule has 5 nitrogen and oxygen atoms in total. The molecule has 0 aliphatic heterocycles. The van der Waals surface area contributed by atoms with Crippen LogP contribution in [0, 0.1) is 0 Å². The molecule has 0 bridgehead atoms. The summed E-state index contributed by atoms with van der Waals surface area (Å²) in [6.45, 7) is 12.0. The molecule has 0 fully saturated rings. The van der Waals surface area contributed by atoms with Gasteiger partial charge in [-0.25, -0.2) is 4.98 Å². The van der Waals surface area contributed by atoms with E-state index >= 15 is 0 Å². The van der Waals surface area contributed by atoms with Gasteiger partial charge in [0.15, 0.2) is 8.32 Å². The Morgan fingerprint density at radius 1 is 1.21 bits per heavy atom. The van der Waals surface area contributed by atoms with Crippen molar-refractivity contribution in [1.29, 1.82) is 0 Å². The highest BCUT2D eigenvalue weighted by Gasteiger charge is 2.39. The third kappa shape index (κ3) is 4.82. The maximum absolute atomic E-state index is 6.70. The van der Waals surface area contributed by atoms with Gasteiger partial charge in [-0.05, 0) is 30.1 Å². The van der Waals surface area contributed by atoms with E-state index in [1.165, 1.54) is 0 Å². The highest BCUT2D eigenvalue weighted by Crippen LogP contribution is 2.38. The number of aromatic nitrogens is 3. The van der Waals surface area contributed by atoms with Crippen molar-refractivity contribution in [2.45, 2.75) is 58.0 Å². The molecular weight excluding hydrogens is 400 g/mol. The lowest BCUT2D eigenvalue weighted by molar-refractivity contribution is 0.159. The van der Waals surface area contributed by atoms with Gasteiger partial charge in [0.2, 0.25) is 5.95 Å². The van der Waals surface area contributed by atoms with Crippen molar-refractivity contribution in [3.8, 4) is 11.1 Å². The van der Waals surface area contributed by atoms with Gasteiger partial charge in [-0.15, -0.1) is 11.6 Å². The van der Waals surface area contributed by atoms with Gasteiger partial charge < -0.3 is 14.7 Å². The van der Waals surface area contributed by atoms with Gasteiger partial charge in [0.05, 0.1) is 6.10 Å². The number of rotatable bonds is 7. The first-order valence-corrected chi connectivity index (χ1v) is 13.5. The molecule has 0 saturated carbocycles. The maximum Gasteiger partial charge on any atom is 0.221 e. The molecule has 3 rings (SSSR count). The molecule has 7 heteroatoms. The number of alkyl halides is 1. The summed E-state index contributed by atoms with van der Waals surface area (Å²) in [5, 5.41) is 1.13. The number of nitrogen functional groups attached to an aromatic ring is 1. The lowest BCUT2D eigenvalue weighted by Crippen LogP contribution is -2.45. The first kappa shape index (κ1) is 21.8. The van der Waals surface area contributed by atoms with Crippen LogP contribution < -0.4 is 5.73 Å². The van der Waals surface area contributed by atoms with E-state index in [9.17, 15) is 0 Å². The molecule has 3 aromatic rings. The topological polar surface area (TPSA) is 66.0 Å². The molecule has 0 amide bonds. The molecule has 1 unspecified atom stereocenters. The minimum Gasteiger partial charge on any atom is -0.412 e. The second kappa shape index (κ2) is 8.46. The van der Waals surface area contributed by atoms with Gasteiger partial charge in [0.1, 0.15) is 5.65 Å². The number of benzene rings is 1. The maximum atomic E-state index is 6.70. The molecule has 0 radical (unpaired) electrons. The largest absolute Gasteiger partial charge is 0.412 e. The molecule has 2 N–H and O–H groups in total. The summed E-state index contributed by atoms with van der Waals surface area (Å²) >= 11 is 6.13. The van der Waals surface area contributed by atoms with Crippen molar-refractivity contribution >= 4 is 36.9 Å². The molecule has 1 atom stereocenters. The summed E-state index contributed by atoms with van der Waals surface area (Å²) < 4.78 is 8.84. The van der Waals surface area contributed by atoms with Crippen molar-refractivity contribution in [1.82, 2.24) is 14.5 Å². The second-order valence-electron chi connectivity index (χ2n) is 9.00. The van der Waals surface area contributed by atoms with E-state index in [1.54, 1.807) is 0 Å². The van der Waals surface area contributed by atoms with Crippen molar-refractivity contribution in [2.24, 2.45) is 0 Å². The van der Waals surface area contributed by atoms with Crippen LogP contribution in [0.4, 0.5) is 5.95 Å². The Bertz CT molecular complexity index is 966. The minimum absolute atomic E-state index is 0.0174. The lowest BCUT2D eigenvalue weighted by atomic mass is 10.1. The summed E-state index contributed by atoms with van der Waals surface area (Å²) in [6.07, 6.45) is 4.74. The number of hydrogen-bond acceptors (Lipinski definition) is 4. The zero-order valence-corrected chi connectivity index (χ0v) is 19.7. The molecular formula is C22H31ClN4OSi. The number of nitrogens with two attached hydrogens (primary N) is 1.